The molecule has 2 heterocycles. The normalized spacial score (nSPS) is 18.9. The third-order valence-electron chi connectivity index (χ3n) is 3.82. The number of nitrogens with zero attached hydrogens (tertiary/aromatic N) is 2. The van der Waals surface area contributed by atoms with Crippen LogP contribution in [0.5, 0.6) is 0 Å². The third-order valence-corrected chi connectivity index (χ3v) is 4.79. The fourth-order valence-corrected chi connectivity index (χ4v) is 3.64. The van der Waals surface area contributed by atoms with E-state index >= 15 is 0 Å². The second kappa shape index (κ2) is 7.76. The summed E-state index contributed by atoms with van der Waals surface area (Å²) < 4.78 is 0. The molecule has 112 valence electrons. The van der Waals surface area contributed by atoms with Gasteiger partial charge in [0.15, 0.2) is 0 Å². The van der Waals surface area contributed by atoms with Crippen LogP contribution in [0.2, 0.25) is 0 Å². The fraction of sp³-hybridized carbons (Fsp3) is 0.667. The lowest BCUT2D eigenvalue weighted by atomic mass is 10.2. The van der Waals surface area contributed by atoms with Gasteiger partial charge in [-0.1, -0.05) is 6.07 Å². The molecule has 1 atom stereocenters. The number of likely N-dealkylation sites (tertiary alicyclic amines) is 1. The minimum Gasteiger partial charge on any atom is -0.334 e. The Morgan fingerprint density at radius 2 is 2.45 bits per heavy atom. The van der Waals surface area contributed by atoms with Gasteiger partial charge in [0.1, 0.15) is 0 Å². The zero-order valence-corrected chi connectivity index (χ0v) is 13.3. The maximum absolute atomic E-state index is 12.5. The van der Waals surface area contributed by atoms with Gasteiger partial charge in [0.25, 0.3) is 0 Å². The molecule has 4 nitrogen and oxygen atoms in total. The van der Waals surface area contributed by atoms with Gasteiger partial charge in [0, 0.05) is 11.4 Å². The highest BCUT2D eigenvalue weighted by Gasteiger charge is 2.30. The number of carbonyl (C=O) groups excluding carboxylic acids is 1. The van der Waals surface area contributed by atoms with E-state index in [1.165, 1.54) is 4.88 Å². The van der Waals surface area contributed by atoms with E-state index in [0.29, 0.717) is 12.6 Å². The van der Waals surface area contributed by atoms with Crippen molar-refractivity contribution in [3.05, 3.63) is 22.4 Å². The van der Waals surface area contributed by atoms with E-state index in [4.69, 9.17) is 0 Å². The SMILES string of the molecule is CNCCCN(C)CC(=O)N1CCCC1c1cccs1. The summed E-state index contributed by atoms with van der Waals surface area (Å²) in [6.07, 6.45) is 3.31. The number of nitrogens with one attached hydrogen (secondary N) is 1. The Morgan fingerprint density at radius 1 is 1.60 bits per heavy atom. The quantitative estimate of drug-likeness (QED) is 0.781. The van der Waals surface area contributed by atoms with Gasteiger partial charge in [-0.3, -0.25) is 9.69 Å². The molecule has 0 spiro atoms. The highest BCUT2D eigenvalue weighted by Crippen LogP contribution is 2.34. The summed E-state index contributed by atoms with van der Waals surface area (Å²) in [6.45, 7) is 3.40. The minimum atomic E-state index is 0.271. The Morgan fingerprint density at radius 3 is 3.15 bits per heavy atom. The van der Waals surface area contributed by atoms with Crippen molar-refractivity contribution in [1.29, 1.82) is 0 Å². The van der Waals surface area contributed by atoms with E-state index < -0.39 is 0 Å². The first-order valence-electron chi connectivity index (χ1n) is 7.38. The number of thiophene rings is 1. The molecule has 0 aromatic carbocycles. The van der Waals surface area contributed by atoms with Gasteiger partial charge in [-0.25, -0.2) is 0 Å². The number of likely N-dealkylation sites (N-methyl/N-ethyl adjacent to an activating group) is 1. The lowest BCUT2D eigenvalue weighted by Crippen LogP contribution is -2.39. The van der Waals surface area contributed by atoms with Gasteiger partial charge in [-0.2, -0.15) is 0 Å². The molecule has 1 amide bonds. The predicted molar refractivity (Wildman–Crippen MR) is 84.0 cm³/mol. The summed E-state index contributed by atoms with van der Waals surface area (Å²) in [5, 5.41) is 5.23. The number of hydrogen-bond donors (Lipinski definition) is 1. The molecule has 0 bridgehead atoms. The van der Waals surface area contributed by atoms with Crippen LogP contribution in [0.25, 0.3) is 0 Å². The van der Waals surface area contributed by atoms with Crippen LogP contribution in [-0.2, 0) is 4.79 Å². The van der Waals surface area contributed by atoms with Gasteiger partial charge in [0.2, 0.25) is 5.91 Å². The van der Waals surface area contributed by atoms with E-state index in [1.807, 2.05) is 14.1 Å². The Bertz CT molecular complexity index is 407. The lowest BCUT2D eigenvalue weighted by molar-refractivity contribution is -0.133. The Labute approximate surface area is 125 Å². The highest BCUT2D eigenvalue weighted by molar-refractivity contribution is 7.10. The first kappa shape index (κ1) is 15.5. The van der Waals surface area contributed by atoms with Gasteiger partial charge in [-0.15, -0.1) is 11.3 Å². The monoisotopic (exact) mass is 295 g/mol. The average Bonchev–Trinajstić information content (AvgIpc) is 3.09. The second-order valence-corrected chi connectivity index (χ2v) is 6.43. The molecular weight excluding hydrogens is 270 g/mol. The predicted octanol–water partition coefficient (Wildman–Crippen LogP) is 1.95. The zero-order chi connectivity index (χ0) is 14.4. The smallest absolute Gasteiger partial charge is 0.237 e. The summed E-state index contributed by atoms with van der Waals surface area (Å²) in [6, 6.07) is 4.54. The Hall–Kier alpha value is -0.910. The van der Waals surface area contributed by atoms with Crippen molar-refractivity contribution < 1.29 is 4.79 Å². The van der Waals surface area contributed by atoms with Crippen molar-refractivity contribution >= 4 is 17.2 Å². The second-order valence-electron chi connectivity index (χ2n) is 5.46. The number of hydrogen-bond acceptors (Lipinski definition) is 4. The largest absolute Gasteiger partial charge is 0.334 e. The van der Waals surface area contributed by atoms with Crippen LogP contribution in [0, 0.1) is 0 Å². The summed E-state index contributed by atoms with van der Waals surface area (Å²) >= 11 is 1.76. The molecule has 2 rings (SSSR count). The van der Waals surface area contributed by atoms with Crippen LogP contribution in [0.4, 0.5) is 0 Å². The molecule has 0 radical (unpaired) electrons. The van der Waals surface area contributed by atoms with E-state index in [-0.39, 0.29) is 5.91 Å². The molecular formula is C15H25N3OS. The van der Waals surface area contributed by atoms with Crippen molar-refractivity contribution in [3.63, 3.8) is 0 Å². The maximum atomic E-state index is 12.5. The number of rotatable bonds is 7. The topological polar surface area (TPSA) is 35.6 Å². The Kier molecular flexibility index (Phi) is 6.01. The van der Waals surface area contributed by atoms with Crippen molar-refractivity contribution in [2.24, 2.45) is 0 Å². The summed E-state index contributed by atoms with van der Waals surface area (Å²) in [7, 11) is 3.99. The molecule has 1 aromatic rings. The van der Waals surface area contributed by atoms with Gasteiger partial charge >= 0.3 is 0 Å². The maximum Gasteiger partial charge on any atom is 0.237 e. The molecule has 0 saturated carbocycles. The highest BCUT2D eigenvalue weighted by atomic mass is 32.1. The molecule has 5 heteroatoms. The minimum absolute atomic E-state index is 0.271. The summed E-state index contributed by atoms with van der Waals surface area (Å²) in [5.41, 5.74) is 0. The molecule has 0 aliphatic carbocycles. The van der Waals surface area contributed by atoms with Crippen molar-refractivity contribution in [2.45, 2.75) is 25.3 Å². The summed E-state index contributed by atoms with van der Waals surface area (Å²) in [4.78, 5) is 18.0. The number of amides is 1. The lowest BCUT2D eigenvalue weighted by Gasteiger charge is -2.26. The van der Waals surface area contributed by atoms with E-state index in [0.717, 1.165) is 38.9 Å². The van der Waals surface area contributed by atoms with Crippen LogP contribution in [0.1, 0.15) is 30.2 Å². The van der Waals surface area contributed by atoms with E-state index in [1.54, 1.807) is 11.3 Å². The zero-order valence-electron chi connectivity index (χ0n) is 12.5. The number of carbonyl (C=O) groups is 1. The van der Waals surface area contributed by atoms with Crippen LogP contribution in [0.3, 0.4) is 0 Å². The van der Waals surface area contributed by atoms with Crippen molar-refractivity contribution in [3.8, 4) is 0 Å². The van der Waals surface area contributed by atoms with Crippen molar-refractivity contribution in [2.75, 3.05) is 40.3 Å². The van der Waals surface area contributed by atoms with Crippen molar-refractivity contribution in [1.82, 2.24) is 15.1 Å². The van der Waals surface area contributed by atoms with Gasteiger partial charge in [0.05, 0.1) is 12.6 Å². The first-order valence-corrected chi connectivity index (χ1v) is 8.26. The summed E-state index contributed by atoms with van der Waals surface area (Å²) in [5.74, 6) is 0.271. The first-order chi connectivity index (χ1) is 9.72. The van der Waals surface area contributed by atoms with Crippen LogP contribution in [-0.4, -0.2) is 56.0 Å². The van der Waals surface area contributed by atoms with Crippen LogP contribution >= 0.6 is 11.3 Å². The van der Waals surface area contributed by atoms with Crippen LogP contribution < -0.4 is 5.32 Å². The molecule has 1 fully saturated rings. The molecule has 1 aliphatic rings. The molecule has 1 N–H and O–H groups in total. The average molecular weight is 295 g/mol. The molecule has 1 aromatic heterocycles. The van der Waals surface area contributed by atoms with E-state index in [2.05, 4.69) is 32.6 Å². The van der Waals surface area contributed by atoms with E-state index in [9.17, 15) is 4.79 Å². The molecule has 1 unspecified atom stereocenters. The molecule has 20 heavy (non-hydrogen) atoms. The molecule has 1 saturated heterocycles. The fourth-order valence-electron chi connectivity index (χ4n) is 2.77. The molecule has 1 aliphatic heterocycles. The Balaban J connectivity index is 1.85. The standard InChI is InChI=1S/C15H25N3OS/c1-16-8-5-9-17(2)12-15(19)18-10-3-6-13(18)14-7-4-11-20-14/h4,7,11,13,16H,3,5-6,8-10,12H2,1-2H3. The van der Waals surface area contributed by atoms with Gasteiger partial charge < -0.3 is 10.2 Å². The third kappa shape index (κ3) is 4.04. The van der Waals surface area contributed by atoms with Crippen LogP contribution in [0.15, 0.2) is 17.5 Å². The van der Waals surface area contributed by atoms with Gasteiger partial charge in [-0.05, 0) is 57.9 Å².